The largest absolute Gasteiger partial charge is 0.484 e. The second kappa shape index (κ2) is 17.8. The lowest BCUT2D eigenvalue weighted by Crippen LogP contribution is -2.49. The van der Waals surface area contributed by atoms with Crippen molar-refractivity contribution in [1.29, 1.82) is 0 Å². The fraction of sp³-hybridized carbons (Fsp3) is 0.324. The number of carbonyl (C=O) groups is 5. The molecule has 0 saturated heterocycles. The molecule has 0 aliphatic rings. The molecule has 0 fully saturated rings. The summed E-state index contributed by atoms with van der Waals surface area (Å²) in [5.41, 5.74) is 2.70. The van der Waals surface area contributed by atoms with E-state index in [4.69, 9.17) is 4.74 Å². The summed E-state index contributed by atoms with van der Waals surface area (Å²) in [4.78, 5) is 62.0. The molecular formula is C34H40N4O7. The maximum absolute atomic E-state index is 12.8. The van der Waals surface area contributed by atoms with Crippen molar-refractivity contribution in [2.45, 2.75) is 51.6 Å². The molecule has 0 aromatic heterocycles. The minimum Gasteiger partial charge on any atom is -0.484 e. The van der Waals surface area contributed by atoms with Crippen molar-refractivity contribution in [3.63, 3.8) is 0 Å². The first kappa shape index (κ1) is 34.3. The Bertz CT molecular complexity index is 1440. The first-order valence-corrected chi connectivity index (χ1v) is 14.8. The van der Waals surface area contributed by atoms with Crippen molar-refractivity contribution < 1.29 is 33.8 Å². The Kier molecular flexibility index (Phi) is 13.6. The summed E-state index contributed by atoms with van der Waals surface area (Å²) in [7, 11) is 0. The predicted octanol–water partition coefficient (Wildman–Crippen LogP) is 2.56. The zero-order valence-corrected chi connectivity index (χ0v) is 25.5. The summed E-state index contributed by atoms with van der Waals surface area (Å²) in [6, 6.07) is 20.8. The van der Waals surface area contributed by atoms with Gasteiger partial charge in [0.2, 0.25) is 11.8 Å². The maximum atomic E-state index is 12.8. The first-order chi connectivity index (χ1) is 21.7. The van der Waals surface area contributed by atoms with Crippen molar-refractivity contribution in [3.8, 4) is 5.75 Å². The highest BCUT2D eigenvalue weighted by atomic mass is 16.5. The molecule has 11 heteroatoms. The SMILES string of the molecule is CCCCNC(=O)C(Cc1ccccc1)NC(=O)COc1ccc(CC(NC(=O)CNC(=O)c2ccccc2C)C(=O)O)cc1. The van der Waals surface area contributed by atoms with Gasteiger partial charge in [0.25, 0.3) is 11.8 Å². The number of nitrogens with one attached hydrogen (secondary N) is 4. The van der Waals surface area contributed by atoms with Gasteiger partial charge in [0, 0.05) is 24.9 Å². The molecule has 0 saturated carbocycles. The minimum atomic E-state index is -1.23. The van der Waals surface area contributed by atoms with Gasteiger partial charge in [-0.05, 0) is 48.2 Å². The number of hydrogen-bond donors (Lipinski definition) is 5. The molecule has 5 N–H and O–H groups in total. The number of rotatable bonds is 17. The highest BCUT2D eigenvalue weighted by molar-refractivity contribution is 5.98. The van der Waals surface area contributed by atoms with Crippen LogP contribution in [0.15, 0.2) is 78.9 Å². The summed E-state index contributed by atoms with van der Waals surface area (Å²) >= 11 is 0. The van der Waals surface area contributed by atoms with Crippen LogP contribution in [0.25, 0.3) is 0 Å². The summed E-state index contributed by atoms with van der Waals surface area (Å²) in [5.74, 6) is -2.65. The monoisotopic (exact) mass is 616 g/mol. The zero-order chi connectivity index (χ0) is 32.6. The van der Waals surface area contributed by atoms with Gasteiger partial charge >= 0.3 is 5.97 Å². The average molecular weight is 617 g/mol. The lowest BCUT2D eigenvalue weighted by molar-refractivity contribution is -0.141. The second-order valence-electron chi connectivity index (χ2n) is 10.5. The number of carbonyl (C=O) groups excluding carboxylic acids is 4. The topological polar surface area (TPSA) is 163 Å². The van der Waals surface area contributed by atoms with E-state index in [0.29, 0.717) is 29.8 Å². The van der Waals surface area contributed by atoms with E-state index >= 15 is 0 Å². The van der Waals surface area contributed by atoms with E-state index in [0.717, 1.165) is 24.0 Å². The highest BCUT2D eigenvalue weighted by Crippen LogP contribution is 2.14. The van der Waals surface area contributed by atoms with Crippen LogP contribution < -0.4 is 26.0 Å². The van der Waals surface area contributed by atoms with E-state index in [1.165, 1.54) is 0 Å². The Morgan fingerprint density at radius 3 is 2.04 bits per heavy atom. The molecule has 0 radical (unpaired) electrons. The molecule has 3 aromatic carbocycles. The number of ether oxygens (including phenoxy) is 1. The number of aliphatic carboxylic acids is 1. The molecule has 3 rings (SSSR count). The number of aryl methyl sites for hydroxylation is 1. The number of carboxylic acids is 1. The fourth-order valence-electron chi connectivity index (χ4n) is 4.44. The molecule has 11 nitrogen and oxygen atoms in total. The van der Waals surface area contributed by atoms with Crippen LogP contribution in [0, 0.1) is 6.92 Å². The van der Waals surface area contributed by atoms with Crippen LogP contribution in [0.2, 0.25) is 0 Å². The Morgan fingerprint density at radius 2 is 1.38 bits per heavy atom. The van der Waals surface area contributed by atoms with Crippen molar-refractivity contribution in [2.75, 3.05) is 19.7 Å². The third-order valence-corrected chi connectivity index (χ3v) is 6.93. The summed E-state index contributed by atoms with van der Waals surface area (Å²) in [6.07, 6.45) is 2.09. The van der Waals surface area contributed by atoms with Gasteiger partial charge in [-0.3, -0.25) is 19.2 Å². The van der Waals surface area contributed by atoms with Crippen LogP contribution in [0.5, 0.6) is 5.75 Å². The molecule has 0 aliphatic heterocycles. The maximum Gasteiger partial charge on any atom is 0.326 e. The van der Waals surface area contributed by atoms with Crippen molar-refractivity contribution >= 4 is 29.6 Å². The van der Waals surface area contributed by atoms with E-state index in [9.17, 15) is 29.1 Å². The Hall–Kier alpha value is -5.19. The summed E-state index contributed by atoms with van der Waals surface area (Å²) < 4.78 is 5.60. The van der Waals surface area contributed by atoms with Crippen molar-refractivity contribution in [1.82, 2.24) is 21.3 Å². The van der Waals surface area contributed by atoms with Gasteiger partial charge < -0.3 is 31.1 Å². The predicted molar refractivity (Wildman–Crippen MR) is 169 cm³/mol. The Balaban J connectivity index is 1.49. The van der Waals surface area contributed by atoms with Crippen LogP contribution in [-0.2, 0) is 32.0 Å². The molecule has 4 amide bonds. The van der Waals surface area contributed by atoms with Crippen molar-refractivity contribution in [3.05, 3.63) is 101 Å². The minimum absolute atomic E-state index is 0.0120. The van der Waals surface area contributed by atoms with Gasteiger partial charge in [-0.25, -0.2) is 4.79 Å². The molecule has 0 bridgehead atoms. The zero-order valence-electron chi connectivity index (χ0n) is 25.5. The molecule has 2 atom stereocenters. The van der Waals surface area contributed by atoms with E-state index in [2.05, 4.69) is 21.3 Å². The third-order valence-electron chi connectivity index (χ3n) is 6.93. The van der Waals surface area contributed by atoms with Gasteiger partial charge in [-0.1, -0.05) is 74.0 Å². The summed E-state index contributed by atoms with van der Waals surface area (Å²) in [5, 5.41) is 20.2. The van der Waals surface area contributed by atoms with Crippen LogP contribution >= 0.6 is 0 Å². The molecule has 2 unspecified atom stereocenters. The van der Waals surface area contributed by atoms with Gasteiger partial charge in [-0.2, -0.15) is 0 Å². The van der Waals surface area contributed by atoms with Crippen LogP contribution in [0.4, 0.5) is 0 Å². The van der Waals surface area contributed by atoms with Crippen LogP contribution in [-0.4, -0.2) is 66.5 Å². The van der Waals surface area contributed by atoms with Gasteiger partial charge in [0.15, 0.2) is 6.61 Å². The molecule has 3 aromatic rings. The fourth-order valence-corrected chi connectivity index (χ4v) is 4.44. The third kappa shape index (κ3) is 11.8. The van der Waals surface area contributed by atoms with E-state index < -0.39 is 35.8 Å². The second-order valence-corrected chi connectivity index (χ2v) is 10.5. The number of hydrogen-bond acceptors (Lipinski definition) is 6. The molecule has 0 heterocycles. The molecule has 0 spiro atoms. The first-order valence-electron chi connectivity index (χ1n) is 14.8. The average Bonchev–Trinajstić information content (AvgIpc) is 3.03. The van der Waals surface area contributed by atoms with Crippen LogP contribution in [0.3, 0.4) is 0 Å². The van der Waals surface area contributed by atoms with Crippen molar-refractivity contribution in [2.24, 2.45) is 0 Å². The molecule has 238 valence electrons. The number of carboxylic acid groups (broad SMARTS) is 1. The normalized spacial score (nSPS) is 11.9. The van der Waals surface area contributed by atoms with E-state index in [-0.39, 0.29) is 25.5 Å². The number of benzene rings is 3. The number of amides is 4. The highest BCUT2D eigenvalue weighted by Gasteiger charge is 2.22. The quantitative estimate of drug-likeness (QED) is 0.146. The number of unbranched alkanes of at least 4 members (excludes halogenated alkanes) is 1. The Morgan fingerprint density at radius 1 is 0.756 bits per heavy atom. The Labute approximate surface area is 262 Å². The smallest absolute Gasteiger partial charge is 0.326 e. The lowest BCUT2D eigenvalue weighted by Gasteiger charge is -2.19. The van der Waals surface area contributed by atoms with E-state index in [1.807, 2.05) is 37.3 Å². The molecule has 45 heavy (non-hydrogen) atoms. The van der Waals surface area contributed by atoms with E-state index in [1.54, 1.807) is 55.5 Å². The summed E-state index contributed by atoms with van der Waals surface area (Å²) in [6.45, 7) is 3.63. The van der Waals surface area contributed by atoms with Crippen LogP contribution in [0.1, 0.15) is 46.8 Å². The van der Waals surface area contributed by atoms with Gasteiger partial charge in [-0.15, -0.1) is 0 Å². The lowest BCUT2D eigenvalue weighted by atomic mass is 10.1. The molecular weight excluding hydrogens is 576 g/mol. The molecule has 0 aliphatic carbocycles. The van der Waals surface area contributed by atoms with Gasteiger partial charge in [0.05, 0.1) is 6.54 Å². The van der Waals surface area contributed by atoms with Gasteiger partial charge in [0.1, 0.15) is 17.8 Å². The standard InChI is InChI=1S/C34H40N4O7/c1-3-4-18-35-33(42)28(19-24-11-6-5-7-12-24)37-31(40)22-45-26-16-14-25(15-17-26)20-29(34(43)44)38-30(39)21-36-32(41)27-13-9-8-10-23(27)2/h5-17,28-29H,3-4,18-22H2,1-2H3,(H,35,42)(H,36,41)(H,37,40)(H,38,39)(H,43,44).